The van der Waals surface area contributed by atoms with Crippen LogP contribution in [0, 0.1) is 0 Å². The van der Waals surface area contributed by atoms with Crippen LogP contribution in [0.2, 0.25) is 0 Å². The SMILES string of the molecule is COc1ccc([C@@H]2c3c(OC)cc(OC)cc3C(=O)[C@H]2c2cc(OC)cc(OC)c2)cc1. The van der Waals surface area contributed by atoms with E-state index < -0.39 is 5.92 Å². The van der Waals surface area contributed by atoms with Crippen molar-refractivity contribution in [3.05, 3.63) is 76.9 Å². The number of rotatable bonds is 7. The molecule has 0 spiro atoms. The summed E-state index contributed by atoms with van der Waals surface area (Å²) in [5.41, 5.74) is 3.22. The number of hydrogen-bond acceptors (Lipinski definition) is 6. The van der Waals surface area contributed by atoms with Crippen LogP contribution in [0.25, 0.3) is 0 Å². The second-order valence-electron chi connectivity index (χ2n) is 7.53. The first-order chi connectivity index (χ1) is 15.5. The van der Waals surface area contributed by atoms with Crippen molar-refractivity contribution in [3.63, 3.8) is 0 Å². The normalized spacial score (nSPS) is 17.0. The van der Waals surface area contributed by atoms with E-state index in [1.165, 1.54) is 0 Å². The highest BCUT2D eigenvalue weighted by Gasteiger charge is 2.44. The van der Waals surface area contributed by atoms with Crippen molar-refractivity contribution in [2.24, 2.45) is 0 Å². The largest absolute Gasteiger partial charge is 0.497 e. The number of Topliss-reactive ketones (excluding diaryl/α,β-unsaturated/α-hetero) is 1. The number of hydrogen-bond donors (Lipinski definition) is 0. The highest BCUT2D eigenvalue weighted by molar-refractivity contribution is 6.08. The van der Waals surface area contributed by atoms with Gasteiger partial charge in [0, 0.05) is 29.2 Å². The summed E-state index contributed by atoms with van der Waals surface area (Å²) in [7, 11) is 8.00. The zero-order chi connectivity index (χ0) is 22.8. The molecule has 0 N–H and O–H groups in total. The molecule has 0 fully saturated rings. The lowest BCUT2D eigenvalue weighted by atomic mass is 9.81. The summed E-state index contributed by atoms with van der Waals surface area (Å²) in [5, 5.41) is 0. The van der Waals surface area contributed by atoms with E-state index in [0.29, 0.717) is 28.6 Å². The fourth-order valence-corrected chi connectivity index (χ4v) is 4.42. The predicted molar refractivity (Wildman–Crippen MR) is 121 cm³/mol. The summed E-state index contributed by atoms with van der Waals surface area (Å²) < 4.78 is 27.4. The van der Waals surface area contributed by atoms with Gasteiger partial charge in [0.05, 0.1) is 41.5 Å². The van der Waals surface area contributed by atoms with Gasteiger partial charge in [-0.05, 0) is 41.5 Å². The molecule has 1 aliphatic carbocycles. The standard InChI is InChI=1S/C26H26O6/c1-28-17-8-6-15(7-9-17)23-24(16-10-18(29-2)12-19(11-16)30-3)26(27)21-13-20(31-4)14-22(32-5)25(21)23/h6-14,23-24H,1-5H3/t23-,24-/m0/s1. The molecule has 0 amide bonds. The van der Waals surface area contributed by atoms with Gasteiger partial charge in [0.25, 0.3) is 0 Å². The van der Waals surface area contributed by atoms with Crippen molar-refractivity contribution in [2.45, 2.75) is 11.8 Å². The van der Waals surface area contributed by atoms with Crippen LogP contribution in [0.3, 0.4) is 0 Å². The summed E-state index contributed by atoms with van der Waals surface area (Å²) in [6.45, 7) is 0. The van der Waals surface area contributed by atoms with Gasteiger partial charge in [-0.15, -0.1) is 0 Å². The van der Waals surface area contributed by atoms with E-state index in [-0.39, 0.29) is 11.7 Å². The van der Waals surface area contributed by atoms with Gasteiger partial charge in [-0.25, -0.2) is 0 Å². The molecule has 0 saturated carbocycles. The molecular weight excluding hydrogens is 408 g/mol. The highest BCUT2D eigenvalue weighted by Crippen LogP contribution is 2.53. The Morgan fingerprint density at radius 1 is 0.562 bits per heavy atom. The molecule has 32 heavy (non-hydrogen) atoms. The zero-order valence-corrected chi connectivity index (χ0v) is 18.8. The first-order valence-electron chi connectivity index (χ1n) is 10.2. The Bertz CT molecular complexity index is 1110. The maximum atomic E-state index is 13.8. The Morgan fingerprint density at radius 2 is 1.12 bits per heavy atom. The second kappa shape index (κ2) is 8.83. The van der Waals surface area contributed by atoms with Crippen LogP contribution in [0.1, 0.15) is 38.9 Å². The molecule has 0 aromatic heterocycles. The van der Waals surface area contributed by atoms with Gasteiger partial charge in [-0.3, -0.25) is 4.79 Å². The van der Waals surface area contributed by atoms with Gasteiger partial charge in [-0.1, -0.05) is 12.1 Å². The number of ether oxygens (including phenoxy) is 5. The third kappa shape index (κ3) is 3.62. The van der Waals surface area contributed by atoms with E-state index in [1.807, 2.05) is 42.5 Å². The molecule has 3 aromatic rings. The molecule has 166 valence electrons. The molecular formula is C26H26O6. The average molecular weight is 434 g/mol. The second-order valence-corrected chi connectivity index (χ2v) is 7.53. The molecule has 0 heterocycles. The lowest BCUT2D eigenvalue weighted by Gasteiger charge is -2.23. The van der Waals surface area contributed by atoms with E-state index in [9.17, 15) is 4.79 Å². The molecule has 0 saturated heterocycles. The van der Waals surface area contributed by atoms with Gasteiger partial charge in [-0.2, -0.15) is 0 Å². The molecule has 6 nitrogen and oxygen atoms in total. The van der Waals surface area contributed by atoms with Gasteiger partial charge in [0.1, 0.15) is 28.7 Å². The van der Waals surface area contributed by atoms with Crippen LogP contribution in [-0.4, -0.2) is 41.3 Å². The number of fused-ring (bicyclic) bond motifs is 1. The van der Waals surface area contributed by atoms with E-state index in [2.05, 4.69) is 0 Å². The first kappa shape index (κ1) is 21.6. The fraction of sp³-hybridized carbons (Fsp3) is 0.269. The summed E-state index contributed by atoms with van der Waals surface area (Å²) in [6, 6.07) is 16.9. The number of methoxy groups -OCH3 is 5. The first-order valence-corrected chi connectivity index (χ1v) is 10.2. The zero-order valence-electron chi connectivity index (χ0n) is 18.8. The smallest absolute Gasteiger partial charge is 0.171 e. The molecule has 0 bridgehead atoms. The topological polar surface area (TPSA) is 63.2 Å². The fourth-order valence-electron chi connectivity index (χ4n) is 4.42. The maximum Gasteiger partial charge on any atom is 0.171 e. The third-order valence-electron chi connectivity index (χ3n) is 5.97. The van der Waals surface area contributed by atoms with E-state index >= 15 is 0 Å². The Labute approximate surface area is 187 Å². The quantitative estimate of drug-likeness (QED) is 0.530. The van der Waals surface area contributed by atoms with Crippen LogP contribution in [0.5, 0.6) is 28.7 Å². The van der Waals surface area contributed by atoms with E-state index in [0.717, 1.165) is 22.4 Å². The van der Waals surface area contributed by atoms with Crippen molar-refractivity contribution in [3.8, 4) is 28.7 Å². The maximum absolute atomic E-state index is 13.8. The predicted octanol–water partition coefficient (Wildman–Crippen LogP) is 4.84. The van der Waals surface area contributed by atoms with Crippen molar-refractivity contribution >= 4 is 5.78 Å². The summed E-state index contributed by atoms with van der Waals surface area (Å²) >= 11 is 0. The van der Waals surface area contributed by atoms with Gasteiger partial charge < -0.3 is 23.7 Å². The molecule has 3 aromatic carbocycles. The van der Waals surface area contributed by atoms with Crippen molar-refractivity contribution in [1.29, 1.82) is 0 Å². The summed E-state index contributed by atoms with van der Waals surface area (Å²) in [4.78, 5) is 13.8. The highest BCUT2D eigenvalue weighted by atomic mass is 16.5. The number of benzene rings is 3. The number of carbonyl (C=O) groups excluding carboxylic acids is 1. The minimum Gasteiger partial charge on any atom is -0.497 e. The van der Waals surface area contributed by atoms with Gasteiger partial charge in [0.2, 0.25) is 0 Å². The monoisotopic (exact) mass is 434 g/mol. The average Bonchev–Trinajstić information content (AvgIpc) is 3.15. The third-order valence-corrected chi connectivity index (χ3v) is 5.97. The summed E-state index contributed by atoms with van der Waals surface area (Å²) in [6.07, 6.45) is 0. The lowest BCUT2D eigenvalue weighted by Crippen LogP contribution is -2.13. The van der Waals surface area contributed by atoms with E-state index in [1.54, 1.807) is 47.7 Å². The molecule has 1 aliphatic rings. The van der Waals surface area contributed by atoms with Crippen LogP contribution in [-0.2, 0) is 0 Å². The number of ketones is 1. The number of carbonyl (C=O) groups is 1. The van der Waals surface area contributed by atoms with Crippen LogP contribution < -0.4 is 23.7 Å². The van der Waals surface area contributed by atoms with Crippen molar-refractivity contribution in [1.82, 2.24) is 0 Å². The Balaban J connectivity index is 1.96. The molecule has 0 aliphatic heterocycles. The molecule has 4 rings (SSSR count). The van der Waals surface area contributed by atoms with Crippen molar-refractivity contribution in [2.75, 3.05) is 35.5 Å². The minimum atomic E-state index is -0.483. The van der Waals surface area contributed by atoms with Crippen molar-refractivity contribution < 1.29 is 28.5 Å². The van der Waals surface area contributed by atoms with Crippen LogP contribution in [0.15, 0.2) is 54.6 Å². The lowest BCUT2D eigenvalue weighted by molar-refractivity contribution is 0.0968. The Morgan fingerprint density at radius 3 is 1.66 bits per heavy atom. The van der Waals surface area contributed by atoms with E-state index in [4.69, 9.17) is 23.7 Å². The Kier molecular flexibility index (Phi) is 5.95. The summed E-state index contributed by atoms with van der Waals surface area (Å²) in [5.74, 6) is 2.44. The van der Waals surface area contributed by atoms with Gasteiger partial charge >= 0.3 is 0 Å². The molecule has 2 atom stereocenters. The van der Waals surface area contributed by atoms with Gasteiger partial charge in [0.15, 0.2) is 5.78 Å². The van der Waals surface area contributed by atoms with Crippen LogP contribution in [0.4, 0.5) is 0 Å². The molecule has 0 radical (unpaired) electrons. The van der Waals surface area contributed by atoms with Crippen LogP contribution >= 0.6 is 0 Å². The Hall–Kier alpha value is -3.67. The minimum absolute atomic E-state index is 0.00618. The molecule has 6 heteroatoms. The molecule has 0 unspecified atom stereocenters.